The van der Waals surface area contributed by atoms with Crippen molar-refractivity contribution in [3.8, 4) is 0 Å². The normalized spacial score (nSPS) is 11.3. The van der Waals surface area contributed by atoms with E-state index in [4.69, 9.17) is 5.11 Å². The smallest absolute Gasteiger partial charge is 0.309 e. The molecule has 7 nitrogen and oxygen atoms in total. The number of carboxylic acids is 1. The van der Waals surface area contributed by atoms with Crippen molar-refractivity contribution in [3.05, 3.63) is 63.2 Å². The Morgan fingerprint density at radius 3 is 2.89 bits per heavy atom. The second-order valence-electron chi connectivity index (χ2n) is 5.72. The van der Waals surface area contributed by atoms with E-state index in [1.807, 2.05) is 0 Å². The number of rotatable bonds is 4. The molecule has 0 saturated heterocycles. The van der Waals surface area contributed by atoms with Crippen molar-refractivity contribution in [1.82, 2.24) is 19.7 Å². The summed E-state index contributed by atoms with van der Waals surface area (Å²) in [6, 6.07) is 5.03. The predicted molar refractivity (Wildman–Crippen MR) is 93.8 cm³/mol. The molecule has 4 rings (SSSR count). The fourth-order valence-electron chi connectivity index (χ4n) is 2.76. The van der Waals surface area contributed by atoms with Gasteiger partial charge in [-0.05, 0) is 12.1 Å². The second kappa shape index (κ2) is 6.47. The van der Waals surface area contributed by atoms with Crippen LogP contribution in [0.25, 0.3) is 21.1 Å². The number of carbonyl (C=O) groups is 1. The average Bonchev–Trinajstić information content (AvgIpc) is 3.01. The van der Waals surface area contributed by atoms with Gasteiger partial charge in [0.15, 0.2) is 0 Å². The summed E-state index contributed by atoms with van der Waals surface area (Å²) >= 11 is 0.972. The van der Waals surface area contributed by atoms with Crippen molar-refractivity contribution in [1.29, 1.82) is 0 Å². The van der Waals surface area contributed by atoms with E-state index < -0.39 is 23.2 Å². The van der Waals surface area contributed by atoms with Crippen LogP contribution in [0, 0.1) is 11.6 Å². The number of hydrogen-bond donors (Lipinski definition) is 1. The molecular weight excluding hydrogens is 378 g/mol. The van der Waals surface area contributed by atoms with Gasteiger partial charge in [0.05, 0.1) is 28.9 Å². The third-order valence-corrected chi connectivity index (χ3v) is 4.92. The third-order valence-electron chi connectivity index (χ3n) is 3.85. The Bertz CT molecular complexity index is 1270. The summed E-state index contributed by atoms with van der Waals surface area (Å²) in [6.07, 6.45) is 1.04. The number of hydrogen-bond acceptors (Lipinski definition) is 6. The lowest BCUT2D eigenvalue weighted by Gasteiger charge is -2.08. The molecule has 0 saturated carbocycles. The fourth-order valence-corrected chi connectivity index (χ4v) is 3.69. The molecule has 0 radical (unpaired) electrons. The van der Waals surface area contributed by atoms with Gasteiger partial charge in [-0.1, -0.05) is 0 Å². The van der Waals surface area contributed by atoms with Crippen LogP contribution >= 0.6 is 11.3 Å². The van der Waals surface area contributed by atoms with Gasteiger partial charge in [-0.2, -0.15) is 5.10 Å². The molecular formula is C17H10F2N4O3S. The van der Waals surface area contributed by atoms with E-state index >= 15 is 0 Å². The van der Waals surface area contributed by atoms with Gasteiger partial charge in [0.25, 0.3) is 5.56 Å². The molecule has 0 aliphatic heterocycles. The summed E-state index contributed by atoms with van der Waals surface area (Å²) in [5, 5.41) is 13.9. The molecule has 4 aromatic rings. The zero-order chi connectivity index (χ0) is 19.1. The van der Waals surface area contributed by atoms with E-state index in [0.717, 1.165) is 28.2 Å². The molecule has 0 amide bonds. The molecule has 3 heterocycles. The Labute approximate surface area is 153 Å². The minimum absolute atomic E-state index is 0.0853. The van der Waals surface area contributed by atoms with Crippen LogP contribution in [0.5, 0.6) is 0 Å². The molecule has 0 bridgehead atoms. The molecule has 0 aliphatic carbocycles. The molecule has 136 valence electrons. The first kappa shape index (κ1) is 17.2. The molecule has 10 heteroatoms. The maximum Gasteiger partial charge on any atom is 0.309 e. The average molecular weight is 388 g/mol. The van der Waals surface area contributed by atoms with E-state index in [1.54, 1.807) is 12.1 Å². The Hall–Kier alpha value is -3.27. The van der Waals surface area contributed by atoms with Gasteiger partial charge in [-0.15, -0.1) is 11.3 Å². The summed E-state index contributed by atoms with van der Waals surface area (Å²) in [7, 11) is 0. The van der Waals surface area contributed by atoms with Crippen LogP contribution in [0.15, 0.2) is 35.3 Å². The highest BCUT2D eigenvalue weighted by Crippen LogP contribution is 2.26. The van der Waals surface area contributed by atoms with Gasteiger partial charge < -0.3 is 5.11 Å². The van der Waals surface area contributed by atoms with Gasteiger partial charge in [0.2, 0.25) is 0 Å². The van der Waals surface area contributed by atoms with E-state index in [1.165, 1.54) is 6.20 Å². The Morgan fingerprint density at radius 2 is 2.11 bits per heavy atom. The molecule has 0 spiro atoms. The third kappa shape index (κ3) is 3.14. The molecule has 0 fully saturated rings. The van der Waals surface area contributed by atoms with Crippen molar-refractivity contribution < 1.29 is 18.7 Å². The number of halogens is 2. The molecule has 0 aliphatic rings. The first-order valence-corrected chi connectivity index (χ1v) is 8.55. The number of aromatic nitrogens is 4. The zero-order valence-electron chi connectivity index (χ0n) is 13.5. The highest BCUT2D eigenvalue weighted by Gasteiger charge is 2.16. The number of thiazole rings is 1. The number of carboxylic acid groups (broad SMARTS) is 1. The van der Waals surface area contributed by atoms with Crippen molar-refractivity contribution in [3.63, 3.8) is 0 Å². The van der Waals surface area contributed by atoms with E-state index in [0.29, 0.717) is 10.4 Å². The lowest BCUT2D eigenvalue weighted by molar-refractivity contribution is -0.136. The van der Waals surface area contributed by atoms with Crippen LogP contribution in [-0.4, -0.2) is 30.8 Å². The number of fused-ring (bicyclic) bond motifs is 2. The Morgan fingerprint density at radius 1 is 1.30 bits per heavy atom. The summed E-state index contributed by atoms with van der Waals surface area (Å²) in [5.74, 6) is -2.58. The predicted octanol–water partition coefficient (Wildman–Crippen LogP) is 2.35. The van der Waals surface area contributed by atoms with E-state index in [-0.39, 0.29) is 34.4 Å². The number of benzene rings is 1. The van der Waals surface area contributed by atoms with Crippen molar-refractivity contribution >= 4 is 38.4 Å². The van der Waals surface area contributed by atoms with Crippen LogP contribution in [0.2, 0.25) is 0 Å². The molecule has 0 atom stereocenters. The first-order chi connectivity index (χ1) is 12.9. The lowest BCUT2D eigenvalue weighted by atomic mass is 10.2. The number of pyridine rings is 1. The van der Waals surface area contributed by atoms with Crippen LogP contribution in [0.1, 0.15) is 10.7 Å². The number of aliphatic carboxylic acids is 1. The van der Waals surface area contributed by atoms with Gasteiger partial charge in [0, 0.05) is 23.7 Å². The van der Waals surface area contributed by atoms with E-state index in [2.05, 4.69) is 15.1 Å². The number of nitrogens with zero attached hydrogens (tertiary/aromatic N) is 4. The zero-order valence-corrected chi connectivity index (χ0v) is 14.3. The summed E-state index contributed by atoms with van der Waals surface area (Å²) in [5.41, 5.74) is -0.110. The SMILES string of the molecule is O=C(O)Cc1nn(Cc2nc3cc(F)cc(F)c3s2)c(=O)c2ncccc12. The Kier molecular flexibility index (Phi) is 4.11. The lowest BCUT2D eigenvalue weighted by Crippen LogP contribution is -2.26. The summed E-state index contributed by atoms with van der Waals surface area (Å²) in [6.45, 7) is -0.113. The van der Waals surface area contributed by atoms with E-state index in [9.17, 15) is 18.4 Å². The minimum Gasteiger partial charge on any atom is -0.481 e. The standard InChI is InChI=1S/C17H10F2N4O3S/c18-8-4-10(19)16-12(5-8)21-13(27-16)7-23-17(26)15-9(2-1-3-20-15)11(22-23)6-14(24)25/h1-5H,6-7H2,(H,24,25). The first-order valence-electron chi connectivity index (χ1n) is 7.73. The topological polar surface area (TPSA) is 98.0 Å². The van der Waals surface area contributed by atoms with Crippen molar-refractivity contribution in [2.75, 3.05) is 0 Å². The van der Waals surface area contributed by atoms with Gasteiger partial charge >= 0.3 is 5.97 Å². The van der Waals surface area contributed by atoms with Gasteiger partial charge in [0.1, 0.15) is 22.2 Å². The largest absolute Gasteiger partial charge is 0.481 e. The monoisotopic (exact) mass is 388 g/mol. The second-order valence-corrected chi connectivity index (χ2v) is 6.81. The van der Waals surface area contributed by atoms with Gasteiger partial charge in [-0.3, -0.25) is 14.6 Å². The minimum atomic E-state index is -1.10. The quantitative estimate of drug-likeness (QED) is 0.576. The molecule has 1 N–H and O–H groups in total. The summed E-state index contributed by atoms with van der Waals surface area (Å²) < 4.78 is 28.4. The highest BCUT2D eigenvalue weighted by atomic mass is 32.1. The van der Waals surface area contributed by atoms with Crippen LogP contribution in [-0.2, 0) is 17.8 Å². The van der Waals surface area contributed by atoms with Gasteiger partial charge in [-0.25, -0.2) is 18.4 Å². The molecule has 0 unspecified atom stereocenters. The maximum absolute atomic E-state index is 13.9. The molecule has 27 heavy (non-hydrogen) atoms. The molecule has 3 aromatic heterocycles. The van der Waals surface area contributed by atoms with Crippen LogP contribution < -0.4 is 5.56 Å². The van der Waals surface area contributed by atoms with Crippen LogP contribution in [0.4, 0.5) is 8.78 Å². The van der Waals surface area contributed by atoms with Crippen molar-refractivity contribution in [2.24, 2.45) is 0 Å². The molecule has 1 aromatic carbocycles. The van der Waals surface area contributed by atoms with Crippen LogP contribution in [0.3, 0.4) is 0 Å². The maximum atomic E-state index is 13.9. The summed E-state index contributed by atoms with van der Waals surface area (Å²) in [4.78, 5) is 31.9. The fraction of sp³-hybridized carbons (Fsp3) is 0.118. The Balaban J connectivity index is 1.84. The highest BCUT2D eigenvalue weighted by molar-refractivity contribution is 7.18. The van der Waals surface area contributed by atoms with Crippen molar-refractivity contribution in [2.45, 2.75) is 13.0 Å².